The van der Waals surface area contributed by atoms with Gasteiger partial charge in [0, 0.05) is 5.56 Å². The van der Waals surface area contributed by atoms with Gasteiger partial charge in [0.15, 0.2) is 0 Å². The van der Waals surface area contributed by atoms with Crippen molar-refractivity contribution in [1.29, 1.82) is 0 Å². The van der Waals surface area contributed by atoms with E-state index in [4.69, 9.17) is 5.11 Å². The molecular formula is C14H18FNO3. The molecule has 0 spiro atoms. The molecule has 0 bridgehead atoms. The van der Waals surface area contributed by atoms with E-state index in [-0.39, 0.29) is 11.5 Å². The smallest absolute Gasteiger partial charge is 0.326 e. The maximum absolute atomic E-state index is 13.1. The Morgan fingerprint density at radius 2 is 2.05 bits per heavy atom. The number of rotatable bonds is 5. The molecule has 4 nitrogen and oxygen atoms in total. The van der Waals surface area contributed by atoms with Gasteiger partial charge in [-0.3, -0.25) is 4.79 Å². The molecule has 104 valence electrons. The Balaban J connectivity index is 2.94. The van der Waals surface area contributed by atoms with Crippen LogP contribution < -0.4 is 5.32 Å². The molecule has 1 rings (SSSR count). The number of carbonyl (C=O) groups excluding carboxylic acids is 1. The molecule has 2 atom stereocenters. The van der Waals surface area contributed by atoms with Crippen LogP contribution in [0.1, 0.15) is 36.2 Å². The number of nitrogens with one attached hydrogen (secondary N) is 1. The number of benzene rings is 1. The predicted molar refractivity (Wildman–Crippen MR) is 69.5 cm³/mol. The van der Waals surface area contributed by atoms with Gasteiger partial charge in [0.1, 0.15) is 11.9 Å². The van der Waals surface area contributed by atoms with Gasteiger partial charge in [-0.1, -0.05) is 26.3 Å². The molecule has 0 fully saturated rings. The van der Waals surface area contributed by atoms with Gasteiger partial charge in [-0.25, -0.2) is 9.18 Å². The maximum atomic E-state index is 13.1. The molecule has 0 aliphatic rings. The first-order valence-electron chi connectivity index (χ1n) is 6.16. The van der Waals surface area contributed by atoms with Crippen molar-refractivity contribution in [2.45, 2.75) is 33.2 Å². The lowest BCUT2D eigenvalue weighted by Gasteiger charge is -2.20. The molecule has 1 amide bonds. The van der Waals surface area contributed by atoms with Crippen LogP contribution >= 0.6 is 0 Å². The molecule has 0 radical (unpaired) electrons. The zero-order chi connectivity index (χ0) is 14.6. The predicted octanol–water partition coefficient (Wildman–Crippen LogP) is 2.36. The topological polar surface area (TPSA) is 66.4 Å². The van der Waals surface area contributed by atoms with Gasteiger partial charge < -0.3 is 10.4 Å². The minimum atomic E-state index is -1.09. The Morgan fingerprint density at radius 3 is 2.58 bits per heavy atom. The SMILES string of the molecule is CC[C@H](C)[C@H](NC(=O)c1cc(F)ccc1C)C(=O)O. The van der Waals surface area contributed by atoms with E-state index < -0.39 is 23.7 Å². The summed E-state index contributed by atoms with van der Waals surface area (Å²) in [6, 6.07) is 2.89. The second-order valence-corrected chi connectivity index (χ2v) is 4.63. The summed E-state index contributed by atoms with van der Waals surface area (Å²) in [5.74, 6) is -2.37. The van der Waals surface area contributed by atoms with Crippen LogP contribution in [0.15, 0.2) is 18.2 Å². The highest BCUT2D eigenvalue weighted by Crippen LogP contribution is 2.13. The fourth-order valence-corrected chi connectivity index (χ4v) is 1.74. The zero-order valence-electron chi connectivity index (χ0n) is 11.2. The van der Waals surface area contributed by atoms with Crippen LogP contribution in [0.4, 0.5) is 4.39 Å². The van der Waals surface area contributed by atoms with E-state index in [9.17, 15) is 14.0 Å². The van der Waals surface area contributed by atoms with Crippen molar-refractivity contribution in [3.05, 3.63) is 35.1 Å². The number of carboxylic acid groups (broad SMARTS) is 1. The van der Waals surface area contributed by atoms with Crippen LogP contribution in [0.2, 0.25) is 0 Å². The fourth-order valence-electron chi connectivity index (χ4n) is 1.74. The molecule has 0 aliphatic heterocycles. The molecule has 2 N–H and O–H groups in total. The van der Waals surface area contributed by atoms with Crippen LogP contribution in [-0.2, 0) is 4.79 Å². The first kappa shape index (κ1) is 15.1. The largest absolute Gasteiger partial charge is 0.480 e. The number of hydrogen-bond acceptors (Lipinski definition) is 2. The third kappa shape index (κ3) is 3.77. The highest BCUT2D eigenvalue weighted by atomic mass is 19.1. The summed E-state index contributed by atoms with van der Waals surface area (Å²) in [7, 11) is 0. The van der Waals surface area contributed by atoms with Gasteiger partial charge in [-0.2, -0.15) is 0 Å². The number of carboxylic acids is 1. The van der Waals surface area contributed by atoms with Gasteiger partial charge in [0.2, 0.25) is 0 Å². The Morgan fingerprint density at radius 1 is 1.42 bits per heavy atom. The average Bonchev–Trinajstić information content (AvgIpc) is 2.37. The Kier molecular flexibility index (Phi) is 5.03. The van der Waals surface area contributed by atoms with Crippen LogP contribution in [0.3, 0.4) is 0 Å². The second kappa shape index (κ2) is 6.31. The van der Waals surface area contributed by atoms with Crippen LogP contribution in [0, 0.1) is 18.7 Å². The molecule has 0 aliphatic carbocycles. The van der Waals surface area contributed by atoms with E-state index in [1.807, 2.05) is 6.92 Å². The van der Waals surface area contributed by atoms with Gasteiger partial charge in [-0.15, -0.1) is 0 Å². The van der Waals surface area contributed by atoms with Crippen molar-refractivity contribution in [3.8, 4) is 0 Å². The Labute approximate surface area is 111 Å². The number of halogens is 1. The number of aliphatic carboxylic acids is 1. The summed E-state index contributed by atoms with van der Waals surface area (Å²) in [5, 5.41) is 11.6. The highest BCUT2D eigenvalue weighted by molar-refractivity contribution is 5.97. The first-order valence-corrected chi connectivity index (χ1v) is 6.16. The molecule has 0 heterocycles. The summed E-state index contributed by atoms with van der Waals surface area (Å²) in [6.45, 7) is 5.27. The highest BCUT2D eigenvalue weighted by Gasteiger charge is 2.26. The number of amides is 1. The average molecular weight is 267 g/mol. The van der Waals surface area contributed by atoms with E-state index in [1.165, 1.54) is 12.1 Å². The third-order valence-corrected chi connectivity index (χ3v) is 3.21. The lowest BCUT2D eigenvalue weighted by atomic mass is 9.98. The van der Waals surface area contributed by atoms with E-state index in [1.54, 1.807) is 13.8 Å². The lowest BCUT2D eigenvalue weighted by Crippen LogP contribution is -2.45. The Hall–Kier alpha value is -1.91. The standard InChI is InChI=1S/C14H18FNO3/c1-4-8(2)12(14(18)19)16-13(17)11-7-10(15)6-5-9(11)3/h5-8,12H,4H2,1-3H3,(H,16,17)(H,18,19)/t8-,12-/m0/s1. The molecule has 0 unspecified atom stereocenters. The van der Waals surface area contributed by atoms with E-state index in [0.29, 0.717) is 12.0 Å². The quantitative estimate of drug-likeness (QED) is 0.860. The van der Waals surface area contributed by atoms with Crippen molar-refractivity contribution in [2.75, 3.05) is 0 Å². The monoisotopic (exact) mass is 267 g/mol. The minimum Gasteiger partial charge on any atom is -0.480 e. The van der Waals surface area contributed by atoms with Crippen molar-refractivity contribution in [2.24, 2.45) is 5.92 Å². The molecule has 5 heteroatoms. The van der Waals surface area contributed by atoms with Gasteiger partial charge in [-0.05, 0) is 30.5 Å². The van der Waals surface area contributed by atoms with E-state index in [0.717, 1.165) is 6.07 Å². The van der Waals surface area contributed by atoms with Gasteiger partial charge in [0.25, 0.3) is 5.91 Å². The second-order valence-electron chi connectivity index (χ2n) is 4.63. The molecule has 0 saturated heterocycles. The summed E-state index contributed by atoms with van der Waals surface area (Å²) in [4.78, 5) is 23.1. The molecule has 1 aromatic carbocycles. The van der Waals surface area contributed by atoms with Gasteiger partial charge >= 0.3 is 5.97 Å². The number of aryl methyl sites for hydroxylation is 1. The van der Waals surface area contributed by atoms with Crippen molar-refractivity contribution >= 4 is 11.9 Å². The van der Waals surface area contributed by atoms with Crippen LogP contribution in [-0.4, -0.2) is 23.0 Å². The Bertz CT molecular complexity index is 488. The molecule has 19 heavy (non-hydrogen) atoms. The summed E-state index contributed by atoms with van der Waals surface area (Å²) >= 11 is 0. The number of hydrogen-bond donors (Lipinski definition) is 2. The first-order chi connectivity index (χ1) is 8.86. The third-order valence-electron chi connectivity index (χ3n) is 3.21. The van der Waals surface area contributed by atoms with Crippen molar-refractivity contribution in [3.63, 3.8) is 0 Å². The maximum Gasteiger partial charge on any atom is 0.326 e. The lowest BCUT2D eigenvalue weighted by molar-refractivity contribution is -0.140. The summed E-state index contributed by atoms with van der Waals surface area (Å²) < 4.78 is 13.1. The molecule has 1 aromatic rings. The van der Waals surface area contributed by atoms with E-state index in [2.05, 4.69) is 5.32 Å². The normalized spacial score (nSPS) is 13.7. The molecule has 0 aromatic heterocycles. The van der Waals surface area contributed by atoms with Crippen molar-refractivity contribution in [1.82, 2.24) is 5.32 Å². The van der Waals surface area contributed by atoms with Crippen LogP contribution in [0.5, 0.6) is 0 Å². The minimum absolute atomic E-state index is 0.162. The van der Waals surface area contributed by atoms with E-state index >= 15 is 0 Å². The number of carbonyl (C=O) groups is 2. The summed E-state index contributed by atoms with van der Waals surface area (Å²) in [5.41, 5.74) is 0.766. The van der Waals surface area contributed by atoms with Gasteiger partial charge in [0.05, 0.1) is 0 Å². The van der Waals surface area contributed by atoms with Crippen molar-refractivity contribution < 1.29 is 19.1 Å². The molecule has 0 saturated carbocycles. The fraction of sp³-hybridized carbons (Fsp3) is 0.429. The van der Waals surface area contributed by atoms with Crippen LogP contribution in [0.25, 0.3) is 0 Å². The zero-order valence-corrected chi connectivity index (χ0v) is 11.2. The summed E-state index contributed by atoms with van der Waals surface area (Å²) in [6.07, 6.45) is 0.624. The molecular weight excluding hydrogens is 249 g/mol.